The number of hydrogen-bond donors (Lipinski definition) is 1. The SMILES string of the molecule is COC(C)c1ccc(-c2nccc(NC(C)C)n2)cc1. The molecule has 0 amide bonds. The zero-order valence-corrected chi connectivity index (χ0v) is 12.4. The first-order valence-corrected chi connectivity index (χ1v) is 6.83. The van der Waals surface area contributed by atoms with Gasteiger partial charge in [-0.25, -0.2) is 9.97 Å². The fourth-order valence-corrected chi connectivity index (χ4v) is 1.91. The Hall–Kier alpha value is -1.94. The molecule has 1 atom stereocenters. The maximum atomic E-state index is 5.30. The van der Waals surface area contributed by atoms with Crippen LogP contribution in [0.5, 0.6) is 0 Å². The molecule has 2 rings (SSSR count). The third-order valence-electron chi connectivity index (χ3n) is 3.08. The summed E-state index contributed by atoms with van der Waals surface area (Å²) in [6, 6.07) is 10.4. The van der Waals surface area contributed by atoms with Gasteiger partial charge < -0.3 is 10.1 Å². The summed E-state index contributed by atoms with van der Waals surface area (Å²) in [4.78, 5) is 8.85. The fraction of sp³-hybridized carbons (Fsp3) is 0.375. The second-order valence-corrected chi connectivity index (χ2v) is 5.06. The van der Waals surface area contributed by atoms with Crippen molar-refractivity contribution in [1.29, 1.82) is 0 Å². The molecule has 4 nitrogen and oxygen atoms in total. The largest absolute Gasteiger partial charge is 0.377 e. The molecule has 1 aromatic carbocycles. The Morgan fingerprint density at radius 1 is 1.05 bits per heavy atom. The summed E-state index contributed by atoms with van der Waals surface area (Å²) < 4.78 is 5.30. The Balaban J connectivity index is 2.23. The minimum atomic E-state index is 0.0962. The van der Waals surface area contributed by atoms with Crippen LogP contribution in [0.25, 0.3) is 11.4 Å². The van der Waals surface area contributed by atoms with Crippen LogP contribution in [-0.2, 0) is 4.74 Å². The van der Waals surface area contributed by atoms with Crippen LogP contribution in [0.15, 0.2) is 36.5 Å². The molecule has 0 radical (unpaired) electrons. The molecular weight excluding hydrogens is 250 g/mol. The van der Waals surface area contributed by atoms with Crippen LogP contribution < -0.4 is 5.32 Å². The van der Waals surface area contributed by atoms with Gasteiger partial charge in [0.1, 0.15) is 5.82 Å². The quantitative estimate of drug-likeness (QED) is 0.901. The van der Waals surface area contributed by atoms with Gasteiger partial charge in [-0.15, -0.1) is 0 Å². The summed E-state index contributed by atoms with van der Waals surface area (Å²) in [7, 11) is 1.71. The van der Waals surface area contributed by atoms with E-state index in [1.54, 1.807) is 13.3 Å². The van der Waals surface area contributed by atoms with Gasteiger partial charge in [-0.1, -0.05) is 24.3 Å². The Morgan fingerprint density at radius 2 is 1.75 bits per heavy atom. The lowest BCUT2D eigenvalue weighted by atomic mass is 10.1. The summed E-state index contributed by atoms with van der Waals surface area (Å²) in [5.74, 6) is 1.58. The van der Waals surface area contributed by atoms with Crippen LogP contribution in [0.4, 0.5) is 5.82 Å². The third kappa shape index (κ3) is 3.54. The number of nitrogens with one attached hydrogen (secondary N) is 1. The number of aromatic nitrogens is 2. The Morgan fingerprint density at radius 3 is 2.35 bits per heavy atom. The molecule has 106 valence electrons. The summed E-state index contributed by atoms with van der Waals surface area (Å²) in [6.07, 6.45) is 1.87. The zero-order chi connectivity index (χ0) is 14.5. The van der Waals surface area contributed by atoms with Gasteiger partial charge in [0.2, 0.25) is 0 Å². The zero-order valence-electron chi connectivity index (χ0n) is 12.4. The van der Waals surface area contributed by atoms with Crippen LogP contribution in [-0.4, -0.2) is 23.1 Å². The molecule has 0 saturated heterocycles. The van der Waals surface area contributed by atoms with E-state index >= 15 is 0 Å². The predicted molar refractivity (Wildman–Crippen MR) is 81.7 cm³/mol. The number of nitrogens with zero attached hydrogens (tertiary/aromatic N) is 2. The number of benzene rings is 1. The molecule has 1 aromatic heterocycles. The molecule has 4 heteroatoms. The van der Waals surface area contributed by atoms with Crippen LogP contribution >= 0.6 is 0 Å². The molecule has 0 aliphatic rings. The third-order valence-corrected chi connectivity index (χ3v) is 3.08. The highest BCUT2D eigenvalue weighted by molar-refractivity contribution is 5.57. The van der Waals surface area contributed by atoms with E-state index < -0.39 is 0 Å². The normalized spacial score (nSPS) is 12.4. The van der Waals surface area contributed by atoms with Gasteiger partial charge in [0, 0.05) is 24.9 Å². The van der Waals surface area contributed by atoms with Crippen LogP contribution in [0.1, 0.15) is 32.4 Å². The molecule has 20 heavy (non-hydrogen) atoms. The minimum Gasteiger partial charge on any atom is -0.377 e. The van der Waals surface area contributed by atoms with Crippen molar-refractivity contribution in [1.82, 2.24) is 9.97 Å². The fourth-order valence-electron chi connectivity index (χ4n) is 1.91. The molecule has 0 aliphatic carbocycles. The minimum absolute atomic E-state index is 0.0962. The Labute approximate surface area is 120 Å². The molecule has 0 bridgehead atoms. The highest BCUT2D eigenvalue weighted by Crippen LogP contribution is 2.21. The van der Waals surface area contributed by atoms with Crippen molar-refractivity contribution < 1.29 is 4.74 Å². The van der Waals surface area contributed by atoms with E-state index in [1.807, 2.05) is 25.1 Å². The van der Waals surface area contributed by atoms with E-state index in [1.165, 1.54) is 0 Å². The van der Waals surface area contributed by atoms with E-state index in [0.717, 1.165) is 22.8 Å². The lowest BCUT2D eigenvalue weighted by Crippen LogP contribution is -2.11. The highest BCUT2D eigenvalue weighted by atomic mass is 16.5. The van der Waals surface area contributed by atoms with E-state index in [2.05, 4.69) is 41.3 Å². The molecule has 1 unspecified atom stereocenters. The lowest BCUT2D eigenvalue weighted by Gasteiger charge is -2.11. The first-order chi connectivity index (χ1) is 9.60. The standard InChI is InChI=1S/C16H21N3O/c1-11(2)18-15-9-10-17-16(19-15)14-7-5-13(6-8-14)12(3)20-4/h5-12H,1-4H3,(H,17,18,19). The van der Waals surface area contributed by atoms with E-state index in [-0.39, 0.29) is 6.10 Å². The van der Waals surface area contributed by atoms with Crippen molar-refractivity contribution in [3.8, 4) is 11.4 Å². The summed E-state index contributed by atoms with van der Waals surface area (Å²) in [6.45, 7) is 6.20. The van der Waals surface area contributed by atoms with Crippen molar-refractivity contribution in [2.24, 2.45) is 0 Å². The number of rotatable bonds is 5. The van der Waals surface area contributed by atoms with Crippen LogP contribution in [0, 0.1) is 0 Å². The number of ether oxygens (including phenoxy) is 1. The maximum absolute atomic E-state index is 5.30. The summed E-state index contributed by atoms with van der Waals surface area (Å²) in [5.41, 5.74) is 2.15. The number of anilines is 1. The summed E-state index contributed by atoms with van der Waals surface area (Å²) >= 11 is 0. The van der Waals surface area contributed by atoms with Gasteiger partial charge >= 0.3 is 0 Å². The van der Waals surface area contributed by atoms with Crippen molar-refractivity contribution in [2.75, 3.05) is 12.4 Å². The van der Waals surface area contributed by atoms with Crippen molar-refractivity contribution in [3.05, 3.63) is 42.1 Å². The van der Waals surface area contributed by atoms with E-state index in [4.69, 9.17) is 4.74 Å². The predicted octanol–water partition coefficient (Wildman–Crippen LogP) is 3.67. The van der Waals surface area contributed by atoms with Gasteiger partial charge in [-0.3, -0.25) is 0 Å². The van der Waals surface area contributed by atoms with E-state index in [9.17, 15) is 0 Å². The van der Waals surface area contributed by atoms with E-state index in [0.29, 0.717) is 6.04 Å². The molecule has 0 aliphatic heterocycles. The molecule has 2 aromatic rings. The molecule has 0 spiro atoms. The van der Waals surface area contributed by atoms with Gasteiger partial charge in [0.05, 0.1) is 6.10 Å². The van der Waals surface area contributed by atoms with Gasteiger partial charge in [-0.2, -0.15) is 0 Å². The van der Waals surface area contributed by atoms with Crippen LogP contribution in [0.3, 0.4) is 0 Å². The van der Waals surface area contributed by atoms with Gasteiger partial charge in [0.15, 0.2) is 5.82 Å². The lowest BCUT2D eigenvalue weighted by molar-refractivity contribution is 0.119. The van der Waals surface area contributed by atoms with Gasteiger partial charge in [-0.05, 0) is 32.4 Å². The molecule has 0 fully saturated rings. The monoisotopic (exact) mass is 271 g/mol. The van der Waals surface area contributed by atoms with Crippen molar-refractivity contribution in [3.63, 3.8) is 0 Å². The Kier molecular flexibility index (Phi) is 4.69. The second kappa shape index (κ2) is 6.48. The summed E-state index contributed by atoms with van der Waals surface area (Å²) in [5, 5.41) is 3.28. The van der Waals surface area contributed by atoms with Crippen molar-refractivity contribution >= 4 is 5.82 Å². The number of methoxy groups -OCH3 is 1. The number of hydrogen-bond acceptors (Lipinski definition) is 4. The molecule has 0 saturated carbocycles. The smallest absolute Gasteiger partial charge is 0.161 e. The molecule has 1 heterocycles. The maximum Gasteiger partial charge on any atom is 0.161 e. The Bertz CT molecular complexity index is 552. The average Bonchev–Trinajstić information content (AvgIpc) is 2.46. The molecule has 1 N–H and O–H groups in total. The first kappa shape index (κ1) is 14.5. The van der Waals surface area contributed by atoms with Gasteiger partial charge in [0.25, 0.3) is 0 Å². The highest BCUT2D eigenvalue weighted by Gasteiger charge is 2.06. The first-order valence-electron chi connectivity index (χ1n) is 6.83. The average molecular weight is 271 g/mol. The van der Waals surface area contributed by atoms with Crippen LogP contribution in [0.2, 0.25) is 0 Å². The molecular formula is C16H21N3O. The van der Waals surface area contributed by atoms with Crippen molar-refractivity contribution in [2.45, 2.75) is 32.9 Å². The second-order valence-electron chi connectivity index (χ2n) is 5.06. The topological polar surface area (TPSA) is 47.0 Å².